The summed E-state index contributed by atoms with van der Waals surface area (Å²) in [5.41, 5.74) is 1.19. The maximum Gasteiger partial charge on any atom is 0.387 e. The molecule has 146 valence electrons. The molecule has 0 heterocycles. The highest BCUT2D eigenvalue weighted by Gasteiger charge is 2.14. The van der Waals surface area contributed by atoms with E-state index in [0.717, 1.165) is 5.56 Å². The van der Waals surface area contributed by atoms with Gasteiger partial charge in [0.1, 0.15) is 11.5 Å². The zero-order valence-corrected chi connectivity index (χ0v) is 15.3. The van der Waals surface area contributed by atoms with Crippen molar-refractivity contribution in [2.75, 3.05) is 27.9 Å². The second-order valence-electron chi connectivity index (χ2n) is 5.44. The predicted octanol–water partition coefficient (Wildman–Crippen LogP) is 3.29. The Morgan fingerprint density at radius 1 is 0.963 bits per heavy atom. The number of ether oxygens (including phenoxy) is 4. The first-order chi connectivity index (χ1) is 13.0. The van der Waals surface area contributed by atoms with Crippen molar-refractivity contribution >= 4 is 5.91 Å². The van der Waals surface area contributed by atoms with Crippen LogP contribution in [-0.4, -0.2) is 40.4 Å². The molecule has 0 radical (unpaired) electrons. The van der Waals surface area contributed by atoms with Crippen molar-refractivity contribution in [1.29, 1.82) is 0 Å². The van der Waals surface area contributed by atoms with E-state index in [2.05, 4.69) is 10.1 Å². The number of halogens is 2. The van der Waals surface area contributed by atoms with E-state index in [9.17, 15) is 13.6 Å². The van der Waals surface area contributed by atoms with Crippen LogP contribution in [0.5, 0.6) is 23.0 Å². The molecule has 0 aliphatic rings. The van der Waals surface area contributed by atoms with Gasteiger partial charge in [-0.3, -0.25) is 4.79 Å². The fourth-order valence-corrected chi connectivity index (χ4v) is 2.46. The number of carbonyl (C=O) groups excluding carboxylic acids is 1. The van der Waals surface area contributed by atoms with Crippen molar-refractivity contribution in [2.24, 2.45) is 0 Å². The van der Waals surface area contributed by atoms with Crippen molar-refractivity contribution in [1.82, 2.24) is 5.32 Å². The number of carbonyl (C=O) groups is 1. The van der Waals surface area contributed by atoms with E-state index >= 15 is 0 Å². The van der Waals surface area contributed by atoms with Crippen LogP contribution in [0, 0.1) is 0 Å². The zero-order chi connectivity index (χ0) is 19.8. The number of hydrogen-bond donors (Lipinski definition) is 1. The molecule has 0 unspecified atom stereocenters. The molecule has 0 saturated heterocycles. The van der Waals surface area contributed by atoms with Crippen LogP contribution < -0.4 is 24.3 Å². The number of alkyl halides is 2. The quantitative estimate of drug-likeness (QED) is 0.722. The summed E-state index contributed by atoms with van der Waals surface area (Å²) in [5, 5.41) is 2.79. The lowest BCUT2D eigenvalue weighted by Crippen LogP contribution is -2.26. The number of amides is 1. The van der Waals surface area contributed by atoms with Crippen molar-refractivity contribution in [3.63, 3.8) is 0 Å². The fraction of sp³-hybridized carbons (Fsp3) is 0.316. The second kappa shape index (κ2) is 9.61. The Balaban J connectivity index is 1.99. The van der Waals surface area contributed by atoms with Gasteiger partial charge in [0.25, 0.3) is 5.91 Å². The highest BCUT2D eigenvalue weighted by molar-refractivity contribution is 5.97. The van der Waals surface area contributed by atoms with E-state index in [1.165, 1.54) is 27.4 Å². The molecule has 0 spiro atoms. The van der Waals surface area contributed by atoms with Gasteiger partial charge in [0, 0.05) is 12.6 Å². The SMILES string of the molecule is COc1ccc(C(=O)NCCc2ccc(OC(F)F)c(OC)c2)c(OC)c1. The highest BCUT2D eigenvalue weighted by Crippen LogP contribution is 2.29. The van der Waals surface area contributed by atoms with Crippen LogP contribution >= 0.6 is 0 Å². The summed E-state index contributed by atoms with van der Waals surface area (Å²) in [4.78, 5) is 12.4. The van der Waals surface area contributed by atoms with Crippen LogP contribution in [0.1, 0.15) is 15.9 Å². The summed E-state index contributed by atoms with van der Waals surface area (Å²) < 4.78 is 44.5. The Morgan fingerprint density at radius 2 is 1.70 bits per heavy atom. The summed E-state index contributed by atoms with van der Waals surface area (Å²) in [6.07, 6.45) is 0.482. The van der Waals surface area contributed by atoms with Gasteiger partial charge in [0.15, 0.2) is 11.5 Å². The molecule has 0 aliphatic carbocycles. The van der Waals surface area contributed by atoms with Crippen LogP contribution in [0.25, 0.3) is 0 Å². The Morgan fingerprint density at radius 3 is 2.33 bits per heavy atom. The van der Waals surface area contributed by atoms with Crippen molar-refractivity contribution in [3.8, 4) is 23.0 Å². The average Bonchev–Trinajstić information content (AvgIpc) is 2.67. The first kappa shape index (κ1) is 20.3. The summed E-state index contributed by atoms with van der Waals surface area (Å²) in [6.45, 7) is -2.59. The normalized spacial score (nSPS) is 10.4. The first-order valence-electron chi connectivity index (χ1n) is 8.10. The lowest BCUT2D eigenvalue weighted by Gasteiger charge is -2.12. The molecule has 2 aromatic carbocycles. The van der Waals surface area contributed by atoms with Crippen LogP contribution in [0.3, 0.4) is 0 Å². The van der Waals surface area contributed by atoms with Crippen LogP contribution in [0.2, 0.25) is 0 Å². The molecule has 27 heavy (non-hydrogen) atoms. The minimum atomic E-state index is -2.93. The number of methoxy groups -OCH3 is 3. The lowest BCUT2D eigenvalue weighted by atomic mass is 10.1. The van der Waals surface area contributed by atoms with Gasteiger partial charge < -0.3 is 24.3 Å². The maximum atomic E-state index is 12.4. The first-order valence-corrected chi connectivity index (χ1v) is 8.10. The molecule has 6 nitrogen and oxygen atoms in total. The zero-order valence-electron chi connectivity index (χ0n) is 15.3. The number of benzene rings is 2. The summed E-state index contributed by atoms with van der Waals surface area (Å²) in [5.74, 6) is 0.863. The third kappa shape index (κ3) is 5.47. The minimum Gasteiger partial charge on any atom is -0.497 e. The van der Waals surface area contributed by atoms with Gasteiger partial charge in [-0.15, -0.1) is 0 Å². The second-order valence-corrected chi connectivity index (χ2v) is 5.44. The van der Waals surface area contributed by atoms with E-state index < -0.39 is 6.61 Å². The van der Waals surface area contributed by atoms with E-state index in [-0.39, 0.29) is 17.4 Å². The molecule has 2 aromatic rings. The molecule has 0 saturated carbocycles. The molecule has 0 aliphatic heterocycles. The predicted molar refractivity (Wildman–Crippen MR) is 95.2 cm³/mol. The Kier molecular flexibility index (Phi) is 7.22. The molecule has 0 atom stereocenters. The Hall–Kier alpha value is -3.03. The molecular formula is C19H21F2NO5. The standard InChI is InChI=1S/C19H21F2NO5/c1-24-13-5-6-14(16(11-13)25-2)18(23)22-9-8-12-4-7-15(27-19(20)21)17(10-12)26-3/h4-7,10-11,19H,8-9H2,1-3H3,(H,22,23). The van der Waals surface area contributed by atoms with Gasteiger partial charge in [-0.25, -0.2) is 0 Å². The van der Waals surface area contributed by atoms with E-state index in [1.54, 1.807) is 30.3 Å². The molecule has 1 amide bonds. The van der Waals surface area contributed by atoms with Gasteiger partial charge in [-0.2, -0.15) is 8.78 Å². The van der Waals surface area contributed by atoms with E-state index in [4.69, 9.17) is 14.2 Å². The molecule has 0 fully saturated rings. The number of rotatable bonds is 9. The van der Waals surface area contributed by atoms with Crippen molar-refractivity contribution < 1.29 is 32.5 Å². The third-order valence-electron chi connectivity index (χ3n) is 3.80. The summed E-state index contributed by atoms with van der Waals surface area (Å²) >= 11 is 0. The van der Waals surface area contributed by atoms with E-state index in [0.29, 0.717) is 30.0 Å². The topological polar surface area (TPSA) is 66.0 Å². The largest absolute Gasteiger partial charge is 0.497 e. The number of hydrogen-bond acceptors (Lipinski definition) is 5. The summed E-state index contributed by atoms with van der Waals surface area (Å²) in [7, 11) is 4.37. The van der Waals surface area contributed by atoms with Gasteiger partial charge in [0.2, 0.25) is 0 Å². The van der Waals surface area contributed by atoms with Crippen LogP contribution in [0.4, 0.5) is 8.78 Å². The Labute approximate surface area is 156 Å². The molecule has 2 rings (SSSR count). The minimum absolute atomic E-state index is 0.0387. The molecule has 1 N–H and O–H groups in total. The van der Waals surface area contributed by atoms with Crippen LogP contribution in [-0.2, 0) is 6.42 Å². The smallest absolute Gasteiger partial charge is 0.387 e. The number of nitrogens with one attached hydrogen (secondary N) is 1. The fourth-order valence-electron chi connectivity index (χ4n) is 2.46. The van der Waals surface area contributed by atoms with Crippen molar-refractivity contribution in [3.05, 3.63) is 47.5 Å². The Bertz CT molecular complexity index is 783. The van der Waals surface area contributed by atoms with Crippen LogP contribution in [0.15, 0.2) is 36.4 Å². The van der Waals surface area contributed by atoms with Gasteiger partial charge >= 0.3 is 6.61 Å². The van der Waals surface area contributed by atoms with Gasteiger partial charge in [-0.1, -0.05) is 6.07 Å². The molecular weight excluding hydrogens is 360 g/mol. The average molecular weight is 381 g/mol. The monoisotopic (exact) mass is 381 g/mol. The third-order valence-corrected chi connectivity index (χ3v) is 3.80. The van der Waals surface area contributed by atoms with E-state index in [1.807, 2.05) is 0 Å². The molecule has 0 bridgehead atoms. The maximum absolute atomic E-state index is 12.4. The lowest BCUT2D eigenvalue weighted by molar-refractivity contribution is -0.0512. The molecule has 0 aromatic heterocycles. The van der Waals surface area contributed by atoms with Gasteiger partial charge in [0.05, 0.1) is 26.9 Å². The summed E-state index contributed by atoms with van der Waals surface area (Å²) in [6, 6.07) is 9.56. The highest BCUT2D eigenvalue weighted by atomic mass is 19.3. The van der Waals surface area contributed by atoms with Gasteiger partial charge in [-0.05, 0) is 36.2 Å². The molecule has 8 heteroatoms. The van der Waals surface area contributed by atoms with Crippen molar-refractivity contribution in [2.45, 2.75) is 13.0 Å².